The summed E-state index contributed by atoms with van der Waals surface area (Å²) in [4.78, 5) is 39.8. The van der Waals surface area contributed by atoms with E-state index in [9.17, 15) is 14.4 Å². The summed E-state index contributed by atoms with van der Waals surface area (Å²) in [5, 5.41) is 2.69. The number of benzene rings is 1. The molecule has 2 rings (SSSR count). The van der Waals surface area contributed by atoms with Gasteiger partial charge in [-0.05, 0) is 50.2 Å². The number of carbonyl (C=O) groups excluding carboxylic acids is 3. The van der Waals surface area contributed by atoms with Gasteiger partial charge in [0.05, 0.1) is 37.2 Å². The number of esters is 1. The third kappa shape index (κ3) is 6.83. The lowest BCUT2D eigenvalue weighted by Gasteiger charge is -2.07. The van der Waals surface area contributed by atoms with Gasteiger partial charge in [0.2, 0.25) is 5.91 Å². The number of ether oxygens (including phenoxy) is 2. The molecule has 2 aromatic rings. The van der Waals surface area contributed by atoms with Crippen LogP contribution in [-0.2, 0) is 20.7 Å². The largest absolute Gasteiger partial charge is 0.494 e. The van der Waals surface area contributed by atoms with Crippen molar-refractivity contribution < 1.29 is 23.9 Å². The summed E-state index contributed by atoms with van der Waals surface area (Å²) < 4.78 is 10.2. The van der Waals surface area contributed by atoms with E-state index in [1.165, 1.54) is 6.20 Å². The van der Waals surface area contributed by atoms with Gasteiger partial charge < -0.3 is 14.8 Å². The average Bonchev–Trinajstić information content (AvgIpc) is 2.69. The fraction of sp³-hybridized carbons (Fsp3) is 0.333. The maximum Gasteiger partial charge on any atom is 0.311 e. The molecule has 0 unspecified atom stereocenters. The first-order chi connectivity index (χ1) is 13.5. The van der Waals surface area contributed by atoms with Crippen molar-refractivity contribution in [3.63, 3.8) is 0 Å². The molecule has 0 radical (unpaired) electrons. The van der Waals surface area contributed by atoms with Crippen molar-refractivity contribution in [2.24, 2.45) is 0 Å². The number of amides is 1. The van der Waals surface area contributed by atoms with Gasteiger partial charge in [0.1, 0.15) is 5.75 Å². The van der Waals surface area contributed by atoms with E-state index in [0.29, 0.717) is 35.9 Å². The molecule has 0 fully saturated rings. The summed E-state index contributed by atoms with van der Waals surface area (Å²) in [5.41, 5.74) is 1.61. The molecular formula is C21H24N2O5. The molecule has 148 valence electrons. The van der Waals surface area contributed by atoms with Crippen LogP contribution in [0, 0.1) is 0 Å². The van der Waals surface area contributed by atoms with Gasteiger partial charge in [0, 0.05) is 18.4 Å². The predicted octanol–water partition coefficient (Wildman–Crippen LogP) is 3.19. The maximum absolute atomic E-state index is 12.2. The molecule has 0 saturated carbocycles. The van der Waals surface area contributed by atoms with Crippen molar-refractivity contribution in [1.29, 1.82) is 0 Å². The molecule has 0 atom stereocenters. The molecule has 28 heavy (non-hydrogen) atoms. The number of rotatable bonds is 10. The summed E-state index contributed by atoms with van der Waals surface area (Å²) in [6.45, 7) is 4.51. The molecule has 7 nitrogen and oxygen atoms in total. The second-order valence-electron chi connectivity index (χ2n) is 5.95. The highest BCUT2D eigenvalue weighted by Gasteiger charge is 2.11. The summed E-state index contributed by atoms with van der Waals surface area (Å²) in [7, 11) is 0. The number of hydrogen-bond donors (Lipinski definition) is 1. The molecule has 0 aliphatic rings. The number of carbonyl (C=O) groups is 3. The molecule has 7 heteroatoms. The van der Waals surface area contributed by atoms with E-state index < -0.39 is 0 Å². The van der Waals surface area contributed by atoms with Gasteiger partial charge in [-0.1, -0.05) is 0 Å². The predicted molar refractivity (Wildman–Crippen MR) is 104 cm³/mol. The van der Waals surface area contributed by atoms with Crippen molar-refractivity contribution in [3.05, 3.63) is 53.9 Å². The van der Waals surface area contributed by atoms with Crippen LogP contribution in [-0.4, -0.2) is 35.9 Å². The van der Waals surface area contributed by atoms with Crippen molar-refractivity contribution in [2.45, 2.75) is 33.1 Å². The Kier molecular flexibility index (Phi) is 8.14. The Labute approximate surface area is 164 Å². The Hall–Kier alpha value is -3.22. The molecular weight excluding hydrogens is 360 g/mol. The number of nitrogens with one attached hydrogen (secondary N) is 1. The summed E-state index contributed by atoms with van der Waals surface area (Å²) in [5.74, 6) is -0.0318. The number of nitrogens with zero attached hydrogens (tertiary/aromatic N) is 1. The normalized spacial score (nSPS) is 10.2. The SMILES string of the molecule is CCOC(=O)Cc1ccc(NC(=O)CCC(=O)c2ccc(OCC)cc2)cn1. The zero-order valence-corrected chi connectivity index (χ0v) is 16.1. The van der Waals surface area contributed by atoms with E-state index in [-0.39, 0.29) is 36.9 Å². The maximum atomic E-state index is 12.2. The van der Waals surface area contributed by atoms with Gasteiger partial charge in [-0.3, -0.25) is 19.4 Å². The number of aromatic nitrogens is 1. The van der Waals surface area contributed by atoms with Crippen LogP contribution < -0.4 is 10.1 Å². The highest BCUT2D eigenvalue weighted by Crippen LogP contribution is 2.14. The number of pyridine rings is 1. The van der Waals surface area contributed by atoms with Gasteiger partial charge in [-0.25, -0.2) is 0 Å². The second kappa shape index (κ2) is 10.8. The van der Waals surface area contributed by atoms with Crippen LogP contribution >= 0.6 is 0 Å². The average molecular weight is 384 g/mol. The molecule has 1 heterocycles. The van der Waals surface area contributed by atoms with E-state index in [4.69, 9.17) is 9.47 Å². The van der Waals surface area contributed by atoms with Crippen LogP contribution in [0.2, 0.25) is 0 Å². The van der Waals surface area contributed by atoms with Crippen LogP contribution in [0.25, 0.3) is 0 Å². The van der Waals surface area contributed by atoms with E-state index in [1.54, 1.807) is 43.3 Å². The van der Waals surface area contributed by atoms with Crippen LogP contribution in [0.3, 0.4) is 0 Å². The molecule has 0 bridgehead atoms. The lowest BCUT2D eigenvalue weighted by Crippen LogP contribution is -2.14. The van der Waals surface area contributed by atoms with E-state index in [1.807, 2.05) is 6.92 Å². The highest BCUT2D eigenvalue weighted by molar-refractivity contribution is 6.00. The van der Waals surface area contributed by atoms with Gasteiger partial charge in [0.15, 0.2) is 5.78 Å². The van der Waals surface area contributed by atoms with Crippen LogP contribution in [0.15, 0.2) is 42.6 Å². The Morgan fingerprint density at radius 2 is 1.71 bits per heavy atom. The molecule has 0 saturated heterocycles. The van der Waals surface area contributed by atoms with E-state index in [0.717, 1.165) is 0 Å². The zero-order valence-electron chi connectivity index (χ0n) is 16.1. The molecule has 0 aliphatic heterocycles. The molecule has 1 aromatic carbocycles. The Morgan fingerprint density at radius 1 is 0.964 bits per heavy atom. The minimum Gasteiger partial charge on any atom is -0.494 e. The Bertz CT molecular complexity index is 801. The molecule has 1 N–H and O–H groups in total. The molecule has 1 aromatic heterocycles. The summed E-state index contributed by atoms with van der Waals surface area (Å²) in [6.07, 6.45) is 1.73. The fourth-order valence-corrected chi connectivity index (χ4v) is 2.46. The summed E-state index contributed by atoms with van der Waals surface area (Å²) in [6, 6.07) is 10.2. The van der Waals surface area contributed by atoms with Crippen molar-refractivity contribution in [3.8, 4) is 5.75 Å². The number of hydrogen-bond acceptors (Lipinski definition) is 6. The van der Waals surface area contributed by atoms with E-state index in [2.05, 4.69) is 10.3 Å². The lowest BCUT2D eigenvalue weighted by molar-refractivity contribution is -0.142. The van der Waals surface area contributed by atoms with Crippen LogP contribution in [0.4, 0.5) is 5.69 Å². The third-order valence-corrected chi connectivity index (χ3v) is 3.81. The number of anilines is 1. The number of ketones is 1. The Morgan fingerprint density at radius 3 is 2.32 bits per heavy atom. The quantitative estimate of drug-likeness (QED) is 0.499. The van der Waals surface area contributed by atoms with Gasteiger partial charge in [-0.15, -0.1) is 0 Å². The Balaban J connectivity index is 1.80. The highest BCUT2D eigenvalue weighted by atomic mass is 16.5. The van der Waals surface area contributed by atoms with Gasteiger partial charge >= 0.3 is 5.97 Å². The number of Topliss-reactive ketones (excluding diaryl/α,β-unsaturated/α-hetero) is 1. The minimum absolute atomic E-state index is 0.0661. The topological polar surface area (TPSA) is 94.6 Å². The van der Waals surface area contributed by atoms with Crippen molar-refractivity contribution in [2.75, 3.05) is 18.5 Å². The second-order valence-corrected chi connectivity index (χ2v) is 5.95. The van der Waals surface area contributed by atoms with Gasteiger partial charge in [0.25, 0.3) is 0 Å². The third-order valence-electron chi connectivity index (χ3n) is 3.81. The summed E-state index contributed by atoms with van der Waals surface area (Å²) >= 11 is 0. The lowest BCUT2D eigenvalue weighted by atomic mass is 10.1. The van der Waals surface area contributed by atoms with Crippen molar-refractivity contribution in [1.82, 2.24) is 4.98 Å². The minimum atomic E-state index is -0.348. The first kappa shape index (κ1) is 21.1. The first-order valence-corrected chi connectivity index (χ1v) is 9.18. The molecule has 0 spiro atoms. The van der Waals surface area contributed by atoms with Gasteiger partial charge in [-0.2, -0.15) is 0 Å². The standard InChI is InChI=1S/C21H24N2O5/c1-3-27-18-9-5-15(6-10-18)19(24)11-12-20(25)23-17-8-7-16(22-14-17)13-21(26)28-4-2/h5-10,14H,3-4,11-13H2,1-2H3,(H,23,25). The first-order valence-electron chi connectivity index (χ1n) is 9.18. The zero-order chi connectivity index (χ0) is 20.4. The molecule has 1 amide bonds. The van der Waals surface area contributed by atoms with Crippen LogP contribution in [0.5, 0.6) is 5.75 Å². The smallest absolute Gasteiger partial charge is 0.311 e. The fourth-order valence-electron chi connectivity index (χ4n) is 2.46. The van der Waals surface area contributed by atoms with Crippen LogP contribution in [0.1, 0.15) is 42.7 Å². The van der Waals surface area contributed by atoms with Crippen molar-refractivity contribution >= 4 is 23.3 Å². The van der Waals surface area contributed by atoms with E-state index >= 15 is 0 Å². The monoisotopic (exact) mass is 384 g/mol. The molecule has 0 aliphatic carbocycles.